The topological polar surface area (TPSA) is 47.9 Å². The van der Waals surface area contributed by atoms with E-state index in [1.807, 2.05) is 24.3 Å². The molecule has 0 saturated carbocycles. The molecule has 0 spiro atoms. The molecule has 1 aromatic carbocycles. The SMILES string of the molecule is N#Cc1cccc(NCC2CCCNC2)c1. The molecule has 0 bridgehead atoms. The van der Waals surface area contributed by atoms with E-state index in [9.17, 15) is 0 Å². The Balaban J connectivity index is 1.86. The third-order valence-corrected chi connectivity index (χ3v) is 2.99. The van der Waals surface area contributed by atoms with Gasteiger partial charge in [0.05, 0.1) is 11.6 Å². The summed E-state index contributed by atoms with van der Waals surface area (Å²) in [5.74, 6) is 0.708. The largest absolute Gasteiger partial charge is 0.385 e. The first kappa shape index (κ1) is 11.0. The van der Waals surface area contributed by atoms with Crippen LogP contribution in [0.15, 0.2) is 24.3 Å². The third-order valence-electron chi connectivity index (χ3n) is 2.99. The molecular formula is C13H17N3. The van der Waals surface area contributed by atoms with E-state index >= 15 is 0 Å². The maximum atomic E-state index is 8.79. The number of nitrogens with one attached hydrogen (secondary N) is 2. The van der Waals surface area contributed by atoms with E-state index in [1.165, 1.54) is 12.8 Å². The van der Waals surface area contributed by atoms with Gasteiger partial charge in [0.1, 0.15) is 0 Å². The van der Waals surface area contributed by atoms with Crippen molar-refractivity contribution in [3.05, 3.63) is 29.8 Å². The second-order valence-corrected chi connectivity index (χ2v) is 4.29. The highest BCUT2D eigenvalue weighted by Gasteiger charge is 2.12. The molecule has 1 atom stereocenters. The second-order valence-electron chi connectivity index (χ2n) is 4.29. The molecule has 1 heterocycles. The first-order chi connectivity index (χ1) is 7.88. The highest BCUT2D eigenvalue weighted by molar-refractivity contribution is 5.49. The van der Waals surface area contributed by atoms with E-state index in [0.29, 0.717) is 11.5 Å². The molecule has 84 valence electrons. The zero-order valence-electron chi connectivity index (χ0n) is 9.37. The van der Waals surface area contributed by atoms with Crippen LogP contribution in [0.4, 0.5) is 5.69 Å². The van der Waals surface area contributed by atoms with Crippen molar-refractivity contribution in [2.45, 2.75) is 12.8 Å². The number of hydrogen-bond acceptors (Lipinski definition) is 3. The molecule has 1 aliphatic rings. The molecular weight excluding hydrogens is 198 g/mol. The van der Waals surface area contributed by atoms with Gasteiger partial charge in [-0.1, -0.05) is 6.07 Å². The number of piperidine rings is 1. The van der Waals surface area contributed by atoms with Crippen LogP contribution in [0.5, 0.6) is 0 Å². The van der Waals surface area contributed by atoms with Crippen molar-refractivity contribution < 1.29 is 0 Å². The zero-order valence-corrected chi connectivity index (χ0v) is 9.37. The molecule has 1 unspecified atom stereocenters. The van der Waals surface area contributed by atoms with E-state index < -0.39 is 0 Å². The summed E-state index contributed by atoms with van der Waals surface area (Å²) in [6, 6.07) is 9.81. The summed E-state index contributed by atoms with van der Waals surface area (Å²) in [4.78, 5) is 0. The standard InChI is InChI=1S/C13H17N3/c14-8-11-3-1-5-13(7-11)16-10-12-4-2-6-15-9-12/h1,3,5,7,12,15-16H,2,4,6,9-10H2. The van der Waals surface area contributed by atoms with Crippen LogP contribution in [0.25, 0.3) is 0 Å². The van der Waals surface area contributed by atoms with Gasteiger partial charge in [0.15, 0.2) is 0 Å². The molecule has 0 radical (unpaired) electrons. The molecule has 0 amide bonds. The minimum absolute atomic E-state index is 0.708. The third kappa shape index (κ3) is 2.98. The summed E-state index contributed by atoms with van der Waals surface area (Å²) in [6.07, 6.45) is 2.56. The molecule has 1 aliphatic heterocycles. The lowest BCUT2D eigenvalue weighted by atomic mass is 10.00. The molecule has 1 fully saturated rings. The summed E-state index contributed by atoms with van der Waals surface area (Å²) in [5.41, 5.74) is 1.76. The van der Waals surface area contributed by atoms with Crippen LogP contribution in [0.2, 0.25) is 0 Å². The van der Waals surface area contributed by atoms with E-state index in [-0.39, 0.29) is 0 Å². The molecule has 3 heteroatoms. The summed E-state index contributed by atoms with van der Waals surface area (Å²) in [6.45, 7) is 3.24. The number of benzene rings is 1. The van der Waals surface area contributed by atoms with Crippen LogP contribution in [-0.4, -0.2) is 19.6 Å². The lowest BCUT2D eigenvalue weighted by molar-refractivity contribution is 0.393. The Labute approximate surface area is 96.5 Å². The minimum atomic E-state index is 0.708. The van der Waals surface area contributed by atoms with Gasteiger partial charge >= 0.3 is 0 Å². The molecule has 2 rings (SSSR count). The van der Waals surface area contributed by atoms with Crippen LogP contribution >= 0.6 is 0 Å². The second kappa shape index (κ2) is 5.53. The number of anilines is 1. The Hall–Kier alpha value is -1.53. The van der Waals surface area contributed by atoms with Crippen molar-refractivity contribution in [2.24, 2.45) is 5.92 Å². The fourth-order valence-electron chi connectivity index (χ4n) is 2.06. The van der Waals surface area contributed by atoms with Crippen molar-refractivity contribution in [3.8, 4) is 6.07 Å². The lowest BCUT2D eigenvalue weighted by Crippen LogP contribution is -2.33. The summed E-state index contributed by atoms with van der Waals surface area (Å²) in [5, 5.41) is 15.6. The van der Waals surface area contributed by atoms with Crippen LogP contribution in [0.3, 0.4) is 0 Å². The van der Waals surface area contributed by atoms with E-state index in [2.05, 4.69) is 16.7 Å². The highest BCUT2D eigenvalue weighted by atomic mass is 14.9. The number of nitriles is 1. The molecule has 1 saturated heterocycles. The Morgan fingerprint density at radius 3 is 3.19 bits per heavy atom. The predicted octanol–water partition coefficient (Wildman–Crippen LogP) is 1.97. The highest BCUT2D eigenvalue weighted by Crippen LogP contribution is 2.13. The Morgan fingerprint density at radius 2 is 2.44 bits per heavy atom. The zero-order chi connectivity index (χ0) is 11.2. The number of hydrogen-bond donors (Lipinski definition) is 2. The smallest absolute Gasteiger partial charge is 0.0992 e. The Bertz CT molecular complexity index is 375. The minimum Gasteiger partial charge on any atom is -0.385 e. The van der Waals surface area contributed by atoms with Crippen molar-refractivity contribution >= 4 is 5.69 Å². The quantitative estimate of drug-likeness (QED) is 0.810. The molecule has 1 aromatic rings. The Kier molecular flexibility index (Phi) is 3.79. The molecule has 0 aromatic heterocycles. The fourth-order valence-corrected chi connectivity index (χ4v) is 2.06. The average Bonchev–Trinajstić information content (AvgIpc) is 2.38. The van der Waals surface area contributed by atoms with Gasteiger partial charge in [-0.25, -0.2) is 0 Å². The van der Waals surface area contributed by atoms with E-state index in [0.717, 1.165) is 25.3 Å². The molecule has 2 N–H and O–H groups in total. The monoisotopic (exact) mass is 215 g/mol. The normalized spacial score (nSPS) is 20.1. The van der Waals surface area contributed by atoms with E-state index in [4.69, 9.17) is 5.26 Å². The van der Waals surface area contributed by atoms with Crippen LogP contribution < -0.4 is 10.6 Å². The van der Waals surface area contributed by atoms with Gasteiger partial charge in [-0.05, 0) is 50.0 Å². The van der Waals surface area contributed by atoms with Gasteiger partial charge in [-0.3, -0.25) is 0 Å². The average molecular weight is 215 g/mol. The van der Waals surface area contributed by atoms with E-state index in [1.54, 1.807) is 0 Å². The van der Waals surface area contributed by atoms with Gasteiger partial charge in [0.2, 0.25) is 0 Å². The predicted molar refractivity (Wildman–Crippen MR) is 65.2 cm³/mol. The maximum absolute atomic E-state index is 8.79. The van der Waals surface area contributed by atoms with Gasteiger partial charge in [0.25, 0.3) is 0 Å². The Morgan fingerprint density at radius 1 is 1.50 bits per heavy atom. The summed E-state index contributed by atoms with van der Waals surface area (Å²) < 4.78 is 0. The number of rotatable bonds is 3. The first-order valence-electron chi connectivity index (χ1n) is 5.83. The molecule has 3 nitrogen and oxygen atoms in total. The van der Waals surface area contributed by atoms with Crippen molar-refractivity contribution in [3.63, 3.8) is 0 Å². The van der Waals surface area contributed by atoms with Gasteiger partial charge < -0.3 is 10.6 Å². The van der Waals surface area contributed by atoms with Gasteiger partial charge in [-0.15, -0.1) is 0 Å². The summed E-state index contributed by atoms with van der Waals surface area (Å²) >= 11 is 0. The van der Waals surface area contributed by atoms with Gasteiger partial charge in [-0.2, -0.15) is 5.26 Å². The number of nitrogens with zero attached hydrogens (tertiary/aromatic N) is 1. The molecule has 16 heavy (non-hydrogen) atoms. The lowest BCUT2D eigenvalue weighted by Gasteiger charge is -2.23. The van der Waals surface area contributed by atoms with Gasteiger partial charge in [0, 0.05) is 12.2 Å². The van der Waals surface area contributed by atoms with Crippen molar-refractivity contribution in [2.75, 3.05) is 25.0 Å². The van der Waals surface area contributed by atoms with Crippen molar-refractivity contribution in [1.29, 1.82) is 5.26 Å². The van der Waals surface area contributed by atoms with Crippen LogP contribution in [0.1, 0.15) is 18.4 Å². The molecule has 0 aliphatic carbocycles. The van der Waals surface area contributed by atoms with Crippen LogP contribution in [0, 0.1) is 17.2 Å². The maximum Gasteiger partial charge on any atom is 0.0992 e. The summed E-state index contributed by atoms with van der Waals surface area (Å²) in [7, 11) is 0. The van der Waals surface area contributed by atoms with Crippen molar-refractivity contribution in [1.82, 2.24) is 5.32 Å². The first-order valence-corrected chi connectivity index (χ1v) is 5.83. The fraction of sp³-hybridized carbons (Fsp3) is 0.462. The van der Waals surface area contributed by atoms with Crippen LogP contribution in [-0.2, 0) is 0 Å².